The Morgan fingerprint density at radius 2 is 2.20 bits per heavy atom. The van der Waals surface area contributed by atoms with Gasteiger partial charge in [-0.15, -0.1) is 0 Å². The quantitative estimate of drug-likeness (QED) is 0.611. The van der Waals surface area contributed by atoms with E-state index in [1.54, 1.807) is 0 Å². The van der Waals surface area contributed by atoms with Crippen LogP contribution in [0.25, 0.3) is 0 Å². The lowest BCUT2D eigenvalue weighted by molar-refractivity contribution is -0.136. The summed E-state index contributed by atoms with van der Waals surface area (Å²) in [5.41, 5.74) is 0.953. The molecule has 58 valence electrons. The standard InChI is InChI=1S/C8H14O2/c1-3-4-5-7(2)6-8(9)10/h5H,3-4,6H2,1-2H3,(H,9,10)/b7-5-. The van der Waals surface area contributed by atoms with Gasteiger partial charge in [0.2, 0.25) is 0 Å². The van der Waals surface area contributed by atoms with Gasteiger partial charge in [0.05, 0.1) is 6.42 Å². The van der Waals surface area contributed by atoms with Crippen LogP contribution in [0.3, 0.4) is 0 Å². The lowest BCUT2D eigenvalue weighted by atomic mass is 10.1. The Balaban J connectivity index is 3.59. The second kappa shape index (κ2) is 5.03. The zero-order valence-corrected chi connectivity index (χ0v) is 6.55. The molecule has 0 saturated heterocycles. The number of hydrogen-bond acceptors (Lipinski definition) is 1. The Morgan fingerprint density at radius 1 is 1.60 bits per heavy atom. The van der Waals surface area contributed by atoms with Crippen molar-refractivity contribution < 1.29 is 9.90 Å². The lowest BCUT2D eigenvalue weighted by Gasteiger charge is -1.93. The molecule has 0 unspecified atom stereocenters. The molecule has 0 amide bonds. The molecule has 1 N–H and O–H groups in total. The number of carboxylic acid groups (broad SMARTS) is 1. The molecule has 0 aromatic heterocycles. The Kier molecular flexibility index (Phi) is 4.63. The van der Waals surface area contributed by atoms with Crippen molar-refractivity contribution in [2.45, 2.75) is 33.1 Å². The van der Waals surface area contributed by atoms with Crippen molar-refractivity contribution in [2.75, 3.05) is 0 Å². The van der Waals surface area contributed by atoms with Crippen LogP contribution in [0.1, 0.15) is 33.1 Å². The molecular weight excluding hydrogens is 128 g/mol. The predicted octanol–water partition coefficient (Wildman–Crippen LogP) is 2.21. The fraction of sp³-hybridized carbons (Fsp3) is 0.625. The second-order valence-corrected chi connectivity index (χ2v) is 2.41. The Bertz CT molecular complexity index is 136. The summed E-state index contributed by atoms with van der Waals surface area (Å²) in [6, 6.07) is 0. The number of rotatable bonds is 4. The van der Waals surface area contributed by atoms with Crippen LogP contribution in [0, 0.1) is 0 Å². The summed E-state index contributed by atoms with van der Waals surface area (Å²) in [5, 5.41) is 8.34. The molecule has 0 aliphatic carbocycles. The number of hydrogen-bond donors (Lipinski definition) is 1. The molecule has 0 aromatic rings. The van der Waals surface area contributed by atoms with Crippen LogP contribution in [0.4, 0.5) is 0 Å². The number of carbonyl (C=O) groups is 1. The SMILES string of the molecule is CCC/C=C(/C)CC(=O)O. The van der Waals surface area contributed by atoms with Gasteiger partial charge in [-0.1, -0.05) is 25.0 Å². The maximum absolute atomic E-state index is 10.1. The van der Waals surface area contributed by atoms with Crippen molar-refractivity contribution >= 4 is 5.97 Å². The minimum absolute atomic E-state index is 0.181. The van der Waals surface area contributed by atoms with Gasteiger partial charge in [0, 0.05) is 0 Å². The van der Waals surface area contributed by atoms with Crippen molar-refractivity contribution in [1.82, 2.24) is 0 Å². The van der Waals surface area contributed by atoms with Crippen molar-refractivity contribution in [3.63, 3.8) is 0 Å². The molecule has 0 spiro atoms. The highest BCUT2D eigenvalue weighted by Crippen LogP contribution is 2.02. The molecule has 0 radical (unpaired) electrons. The number of allylic oxidation sites excluding steroid dienone is 1. The molecule has 0 aliphatic heterocycles. The van der Waals surface area contributed by atoms with E-state index in [9.17, 15) is 4.79 Å². The normalized spacial score (nSPS) is 11.6. The average molecular weight is 142 g/mol. The molecule has 2 nitrogen and oxygen atoms in total. The molecule has 0 heterocycles. The highest BCUT2D eigenvalue weighted by atomic mass is 16.4. The predicted molar refractivity (Wildman–Crippen MR) is 40.9 cm³/mol. The summed E-state index contributed by atoms with van der Waals surface area (Å²) in [6.07, 6.45) is 4.23. The minimum Gasteiger partial charge on any atom is -0.481 e. The smallest absolute Gasteiger partial charge is 0.307 e. The topological polar surface area (TPSA) is 37.3 Å². The number of carboxylic acids is 1. The van der Waals surface area contributed by atoms with Crippen LogP contribution >= 0.6 is 0 Å². The van der Waals surface area contributed by atoms with Gasteiger partial charge in [0.25, 0.3) is 0 Å². The monoisotopic (exact) mass is 142 g/mol. The van der Waals surface area contributed by atoms with Crippen LogP contribution in [-0.4, -0.2) is 11.1 Å². The summed E-state index contributed by atoms with van der Waals surface area (Å²) in [7, 11) is 0. The molecule has 0 fully saturated rings. The molecular formula is C8H14O2. The Labute approximate surface area is 61.6 Å². The molecule has 0 bridgehead atoms. The largest absolute Gasteiger partial charge is 0.481 e. The second-order valence-electron chi connectivity index (χ2n) is 2.41. The first-order chi connectivity index (χ1) is 4.66. The van der Waals surface area contributed by atoms with E-state index >= 15 is 0 Å². The van der Waals surface area contributed by atoms with Crippen LogP contribution < -0.4 is 0 Å². The van der Waals surface area contributed by atoms with E-state index in [-0.39, 0.29) is 6.42 Å². The van der Waals surface area contributed by atoms with Gasteiger partial charge in [-0.3, -0.25) is 4.79 Å². The number of aliphatic carboxylic acids is 1. The highest BCUT2D eigenvalue weighted by Gasteiger charge is 1.96. The molecule has 0 atom stereocenters. The maximum Gasteiger partial charge on any atom is 0.307 e. The summed E-state index contributed by atoms with van der Waals surface area (Å²) < 4.78 is 0. The van der Waals surface area contributed by atoms with Crippen molar-refractivity contribution in [3.8, 4) is 0 Å². The maximum atomic E-state index is 10.1. The van der Waals surface area contributed by atoms with Crippen molar-refractivity contribution in [2.24, 2.45) is 0 Å². The fourth-order valence-corrected chi connectivity index (χ4v) is 0.701. The summed E-state index contributed by atoms with van der Waals surface area (Å²) >= 11 is 0. The van der Waals surface area contributed by atoms with Gasteiger partial charge in [-0.25, -0.2) is 0 Å². The third-order valence-corrected chi connectivity index (χ3v) is 1.21. The first kappa shape index (κ1) is 9.21. The van der Waals surface area contributed by atoms with Crippen LogP contribution in [0.5, 0.6) is 0 Å². The number of unbranched alkanes of at least 4 members (excludes halogenated alkanes) is 1. The molecule has 0 rings (SSSR count). The van der Waals surface area contributed by atoms with E-state index in [1.807, 2.05) is 13.0 Å². The van der Waals surface area contributed by atoms with Crippen LogP contribution in [0.2, 0.25) is 0 Å². The third-order valence-electron chi connectivity index (χ3n) is 1.21. The molecule has 0 aliphatic rings. The van der Waals surface area contributed by atoms with Gasteiger partial charge in [-0.05, 0) is 13.3 Å². The first-order valence-electron chi connectivity index (χ1n) is 3.54. The summed E-state index contributed by atoms with van der Waals surface area (Å²) in [6.45, 7) is 3.92. The summed E-state index contributed by atoms with van der Waals surface area (Å²) in [5.74, 6) is -0.746. The third kappa shape index (κ3) is 5.35. The molecule has 0 saturated carbocycles. The van der Waals surface area contributed by atoms with E-state index in [2.05, 4.69) is 6.92 Å². The molecule has 2 heteroatoms. The van der Waals surface area contributed by atoms with Gasteiger partial charge in [0.1, 0.15) is 0 Å². The Morgan fingerprint density at radius 3 is 2.60 bits per heavy atom. The van der Waals surface area contributed by atoms with Gasteiger partial charge < -0.3 is 5.11 Å². The molecule has 0 aromatic carbocycles. The van der Waals surface area contributed by atoms with Gasteiger partial charge >= 0.3 is 5.97 Å². The zero-order valence-electron chi connectivity index (χ0n) is 6.55. The van der Waals surface area contributed by atoms with Gasteiger partial charge in [0.15, 0.2) is 0 Å². The van der Waals surface area contributed by atoms with Crippen LogP contribution in [-0.2, 0) is 4.79 Å². The highest BCUT2D eigenvalue weighted by molar-refractivity contribution is 5.69. The fourth-order valence-electron chi connectivity index (χ4n) is 0.701. The Hall–Kier alpha value is -0.790. The lowest BCUT2D eigenvalue weighted by Crippen LogP contribution is -1.94. The van der Waals surface area contributed by atoms with Gasteiger partial charge in [-0.2, -0.15) is 0 Å². The van der Waals surface area contributed by atoms with E-state index in [0.29, 0.717) is 0 Å². The van der Waals surface area contributed by atoms with Crippen molar-refractivity contribution in [1.29, 1.82) is 0 Å². The van der Waals surface area contributed by atoms with E-state index < -0.39 is 5.97 Å². The zero-order chi connectivity index (χ0) is 7.98. The first-order valence-corrected chi connectivity index (χ1v) is 3.54. The minimum atomic E-state index is -0.746. The summed E-state index contributed by atoms with van der Waals surface area (Å²) in [4.78, 5) is 10.1. The van der Waals surface area contributed by atoms with E-state index in [1.165, 1.54) is 0 Å². The molecule has 10 heavy (non-hydrogen) atoms. The van der Waals surface area contributed by atoms with Crippen LogP contribution in [0.15, 0.2) is 11.6 Å². The van der Waals surface area contributed by atoms with E-state index in [0.717, 1.165) is 18.4 Å². The average Bonchev–Trinajstić information content (AvgIpc) is 1.82. The van der Waals surface area contributed by atoms with Crippen molar-refractivity contribution in [3.05, 3.63) is 11.6 Å². The van der Waals surface area contributed by atoms with E-state index in [4.69, 9.17) is 5.11 Å².